The summed E-state index contributed by atoms with van der Waals surface area (Å²) in [5, 5.41) is 9.26. The number of hydrogen-bond donors (Lipinski definition) is 0. The minimum Gasteiger partial charge on any atom is -0.330 e. The molecule has 3 heterocycles. The highest BCUT2D eigenvalue weighted by molar-refractivity contribution is 5.86. The summed E-state index contributed by atoms with van der Waals surface area (Å²) < 4.78 is 13.3. The Morgan fingerprint density at radius 1 is 1.33 bits per heavy atom. The predicted molar refractivity (Wildman–Crippen MR) is 110 cm³/mol. The molecule has 30 heavy (non-hydrogen) atoms. The zero-order valence-electron chi connectivity index (χ0n) is 17.6. The zero-order chi connectivity index (χ0) is 21.4. The monoisotopic (exact) mass is 412 g/mol. The minimum absolute atomic E-state index is 0.0175. The van der Waals surface area contributed by atoms with Crippen molar-refractivity contribution in [3.05, 3.63) is 35.6 Å². The van der Waals surface area contributed by atoms with Crippen LogP contribution in [0.1, 0.15) is 51.1 Å². The Labute approximate surface area is 177 Å². The van der Waals surface area contributed by atoms with Crippen LogP contribution in [-0.2, 0) is 9.59 Å². The summed E-state index contributed by atoms with van der Waals surface area (Å²) in [5.74, 6) is -0.384. The van der Waals surface area contributed by atoms with Gasteiger partial charge in [0.15, 0.2) is 0 Å². The van der Waals surface area contributed by atoms with Crippen molar-refractivity contribution >= 4 is 11.8 Å². The number of carbonyl (C=O) groups is 2. The van der Waals surface area contributed by atoms with Gasteiger partial charge in [-0.3, -0.25) is 14.5 Å². The Morgan fingerprint density at radius 2 is 2.07 bits per heavy atom. The molecule has 6 nitrogen and oxygen atoms in total. The molecular formula is C23H29FN4O2. The largest absolute Gasteiger partial charge is 0.330 e. The number of likely N-dealkylation sites (tertiary alicyclic amines) is 3. The second-order valence-electron chi connectivity index (χ2n) is 8.80. The highest BCUT2D eigenvalue weighted by atomic mass is 19.1. The maximum atomic E-state index is 13.3. The average Bonchev–Trinajstić information content (AvgIpc) is 3.45. The van der Waals surface area contributed by atoms with Gasteiger partial charge in [0, 0.05) is 31.6 Å². The van der Waals surface area contributed by atoms with Gasteiger partial charge in [0.05, 0.1) is 18.2 Å². The Bertz CT molecular complexity index is 852. The van der Waals surface area contributed by atoms with E-state index >= 15 is 0 Å². The summed E-state index contributed by atoms with van der Waals surface area (Å²) in [7, 11) is 0. The van der Waals surface area contributed by atoms with Gasteiger partial charge in [-0.25, -0.2) is 4.39 Å². The van der Waals surface area contributed by atoms with Gasteiger partial charge in [-0.15, -0.1) is 0 Å². The van der Waals surface area contributed by atoms with Gasteiger partial charge in [0.25, 0.3) is 0 Å². The van der Waals surface area contributed by atoms with E-state index in [1.165, 1.54) is 12.1 Å². The van der Waals surface area contributed by atoms with Gasteiger partial charge in [0.1, 0.15) is 11.9 Å². The first-order valence-electron chi connectivity index (χ1n) is 11.0. The van der Waals surface area contributed by atoms with Crippen LogP contribution in [0.15, 0.2) is 24.3 Å². The fraction of sp³-hybridized carbons (Fsp3) is 0.609. The standard InChI is InChI=1S/C23H29FN4O2/c1-3-20(16-6-8-17(24)9-7-16)28-19-11-21(23(28)30)26(14-19)13-15(2)22(29)27-10-4-5-18(27)12-25/h6-9,15,18-21H,3-5,10-11,13-14H2,1-2H3/t15-,18-,19+,20-,21+/m0/s1. The molecule has 0 N–H and O–H groups in total. The molecular weight excluding hydrogens is 383 g/mol. The van der Waals surface area contributed by atoms with E-state index in [1.54, 1.807) is 17.0 Å². The molecule has 0 aliphatic carbocycles. The predicted octanol–water partition coefficient (Wildman–Crippen LogP) is 2.71. The van der Waals surface area contributed by atoms with E-state index in [2.05, 4.69) is 11.0 Å². The normalized spacial score (nSPS) is 28.1. The molecule has 2 bridgehead atoms. The first kappa shape index (κ1) is 20.8. The third-order valence-corrected chi connectivity index (χ3v) is 6.91. The Balaban J connectivity index is 1.41. The topological polar surface area (TPSA) is 67.7 Å². The van der Waals surface area contributed by atoms with E-state index < -0.39 is 0 Å². The number of hydrogen-bond acceptors (Lipinski definition) is 4. The molecule has 3 aliphatic rings. The molecule has 1 aromatic carbocycles. The van der Waals surface area contributed by atoms with Crippen LogP contribution in [0.25, 0.3) is 0 Å². The molecule has 0 spiro atoms. The summed E-state index contributed by atoms with van der Waals surface area (Å²) in [5.41, 5.74) is 0.964. The van der Waals surface area contributed by atoms with Gasteiger partial charge in [-0.05, 0) is 43.4 Å². The average molecular weight is 413 g/mol. The lowest BCUT2D eigenvalue weighted by molar-refractivity contribution is -0.142. The summed E-state index contributed by atoms with van der Waals surface area (Å²) in [4.78, 5) is 31.9. The second-order valence-corrected chi connectivity index (χ2v) is 8.80. The molecule has 160 valence electrons. The summed E-state index contributed by atoms with van der Waals surface area (Å²) in [6, 6.07) is 8.23. The minimum atomic E-state index is -0.312. The molecule has 0 unspecified atom stereocenters. The van der Waals surface area contributed by atoms with E-state index in [0.717, 1.165) is 37.8 Å². The summed E-state index contributed by atoms with van der Waals surface area (Å²) in [6.45, 7) is 5.90. The van der Waals surface area contributed by atoms with Crippen molar-refractivity contribution in [3.63, 3.8) is 0 Å². The number of carbonyl (C=O) groups excluding carboxylic acids is 2. The van der Waals surface area contributed by atoms with Crippen LogP contribution in [0.2, 0.25) is 0 Å². The van der Waals surface area contributed by atoms with Crippen molar-refractivity contribution in [1.29, 1.82) is 5.26 Å². The molecule has 5 atom stereocenters. The van der Waals surface area contributed by atoms with Crippen LogP contribution in [-0.4, -0.2) is 64.3 Å². The summed E-state index contributed by atoms with van der Waals surface area (Å²) >= 11 is 0. The van der Waals surface area contributed by atoms with Crippen LogP contribution in [0, 0.1) is 23.1 Å². The van der Waals surface area contributed by atoms with E-state index in [0.29, 0.717) is 13.1 Å². The molecule has 0 saturated carbocycles. The van der Waals surface area contributed by atoms with E-state index in [9.17, 15) is 19.2 Å². The number of amides is 2. The van der Waals surface area contributed by atoms with Crippen LogP contribution < -0.4 is 0 Å². The Kier molecular flexibility index (Phi) is 5.79. The van der Waals surface area contributed by atoms with E-state index in [1.807, 2.05) is 18.7 Å². The van der Waals surface area contributed by atoms with Crippen molar-refractivity contribution in [3.8, 4) is 6.07 Å². The van der Waals surface area contributed by atoms with E-state index in [-0.39, 0.29) is 47.7 Å². The van der Waals surface area contributed by atoms with Crippen molar-refractivity contribution in [2.45, 2.75) is 63.7 Å². The van der Waals surface area contributed by atoms with E-state index in [4.69, 9.17) is 0 Å². The maximum absolute atomic E-state index is 13.3. The molecule has 3 fully saturated rings. The molecule has 0 radical (unpaired) electrons. The lowest BCUT2D eigenvalue weighted by Gasteiger charge is -2.39. The Hall–Kier alpha value is -2.46. The zero-order valence-corrected chi connectivity index (χ0v) is 17.6. The number of benzene rings is 1. The molecule has 3 aliphatic heterocycles. The highest BCUT2D eigenvalue weighted by Crippen LogP contribution is 2.39. The number of rotatable bonds is 6. The third kappa shape index (κ3) is 3.58. The van der Waals surface area contributed by atoms with Gasteiger partial charge in [-0.2, -0.15) is 5.26 Å². The van der Waals surface area contributed by atoms with Crippen molar-refractivity contribution in [2.24, 2.45) is 5.92 Å². The number of nitriles is 1. The molecule has 0 aromatic heterocycles. The number of fused-ring (bicyclic) bond motifs is 2. The molecule has 4 rings (SSSR count). The van der Waals surface area contributed by atoms with Gasteiger partial charge in [0.2, 0.25) is 11.8 Å². The maximum Gasteiger partial charge on any atom is 0.240 e. The van der Waals surface area contributed by atoms with Crippen LogP contribution in [0.5, 0.6) is 0 Å². The molecule has 3 saturated heterocycles. The summed E-state index contributed by atoms with van der Waals surface area (Å²) in [6.07, 6.45) is 3.18. The van der Waals surface area contributed by atoms with Crippen LogP contribution in [0.4, 0.5) is 4.39 Å². The van der Waals surface area contributed by atoms with Crippen molar-refractivity contribution in [2.75, 3.05) is 19.6 Å². The van der Waals surface area contributed by atoms with Crippen LogP contribution in [0.3, 0.4) is 0 Å². The third-order valence-electron chi connectivity index (χ3n) is 6.91. The molecule has 2 amide bonds. The van der Waals surface area contributed by atoms with Crippen molar-refractivity contribution < 1.29 is 14.0 Å². The first-order chi connectivity index (χ1) is 14.4. The fourth-order valence-electron chi connectivity index (χ4n) is 5.46. The molecule has 1 aromatic rings. The van der Waals surface area contributed by atoms with Crippen LogP contribution >= 0.6 is 0 Å². The first-order valence-corrected chi connectivity index (χ1v) is 11.0. The number of halogens is 1. The fourth-order valence-corrected chi connectivity index (χ4v) is 5.46. The van der Waals surface area contributed by atoms with Gasteiger partial charge < -0.3 is 9.80 Å². The van der Waals surface area contributed by atoms with Gasteiger partial charge >= 0.3 is 0 Å². The quantitative estimate of drug-likeness (QED) is 0.721. The van der Waals surface area contributed by atoms with Crippen molar-refractivity contribution in [1.82, 2.24) is 14.7 Å². The van der Waals surface area contributed by atoms with Gasteiger partial charge in [-0.1, -0.05) is 26.0 Å². The Morgan fingerprint density at radius 3 is 2.70 bits per heavy atom. The highest BCUT2D eigenvalue weighted by Gasteiger charge is 2.52. The smallest absolute Gasteiger partial charge is 0.240 e. The second kappa shape index (κ2) is 8.35. The lowest BCUT2D eigenvalue weighted by Crippen LogP contribution is -2.53. The lowest BCUT2D eigenvalue weighted by atomic mass is 10.0. The number of piperazine rings is 1. The molecule has 7 heteroatoms. The number of nitrogens with zero attached hydrogens (tertiary/aromatic N) is 4. The SMILES string of the molecule is CC[C@@H](c1ccc(F)cc1)N1C(=O)[C@H]2C[C@@H]1CN2C[C@H](C)C(=O)N1CCC[C@H]1C#N.